The van der Waals surface area contributed by atoms with Crippen molar-refractivity contribution in [2.45, 2.75) is 77.4 Å². The quantitative estimate of drug-likeness (QED) is 0.366. The van der Waals surface area contributed by atoms with Crippen molar-refractivity contribution in [2.24, 2.45) is 11.1 Å². The predicted molar refractivity (Wildman–Crippen MR) is 93.4 cm³/mol. The Kier molecular flexibility index (Phi) is 9.20. The molecule has 1 aliphatic carbocycles. The summed E-state index contributed by atoms with van der Waals surface area (Å²) in [5.74, 6) is -1.64. The Morgan fingerprint density at radius 2 is 1.92 bits per heavy atom. The highest BCUT2D eigenvalue weighted by molar-refractivity contribution is 6.02. The van der Waals surface area contributed by atoms with Gasteiger partial charge in [-0.05, 0) is 30.8 Å². The zero-order valence-corrected chi connectivity index (χ0v) is 15.0. The first-order valence-corrected chi connectivity index (χ1v) is 8.86. The molecule has 0 saturated carbocycles. The van der Waals surface area contributed by atoms with Gasteiger partial charge in [0.25, 0.3) is 0 Å². The minimum absolute atomic E-state index is 0.177. The van der Waals surface area contributed by atoms with Crippen LogP contribution in [0.4, 0.5) is 0 Å². The van der Waals surface area contributed by atoms with E-state index in [1.54, 1.807) is 6.08 Å². The fourth-order valence-electron chi connectivity index (χ4n) is 2.73. The predicted octanol–water partition coefficient (Wildman–Crippen LogP) is 2.97. The van der Waals surface area contributed by atoms with Crippen molar-refractivity contribution >= 4 is 17.7 Å². The van der Waals surface area contributed by atoms with Crippen LogP contribution in [0.1, 0.15) is 65.2 Å². The van der Waals surface area contributed by atoms with Crippen molar-refractivity contribution in [2.75, 3.05) is 0 Å². The van der Waals surface area contributed by atoms with Gasteiger partial charge in [0, 0.05) is 19.3 Å². The summed E-state index contributed by atoms with van der Waals surface area (Å²) in [7, 11) is 0. The molecule has 0 saturated heterocycles. The highest BCUT2D eigenvalue weighted by Crippen LogP contribution is 2.23. The van der Waals surface area contributed by atoms with E-state index in [4.69, 9.17) is 9.94 Å². The van der Waals surface area contributed by atoms with Crippen LogP contribution in [0, 0.1) is 5.92 Å². The molecule has 7 nitrogen and oxygen atoms in total. The normalized spacial score (nSPS) is 19.9. The van der Waals surface area contributed by atoms with Crippen LogP contribution < -0.4 is 0 Å². The Bertz CT molecular complexity index is 512. The number of nitrogens with zero attached hydrogens (tertiary/aromatic N) is 1. The van der Waals surface area contributed by atoms with Gasteiger partial charge in [-0.3, -0.25) is 4.79 Å². The summed E-state index contributed by atoms with van der Waals surface area (Å²) in [6.07, 6.45) is 5.03. The zero-order chi connectivity index (χ0) is 18.8. The number of hydrogen-bond donors (Lipinski definition) is 3. The summed E-state index contributed by atoms with van der Waals surface area (Å²) in [6, 6.07) is 0. The molecule has 0 bridgehead atoms. The van der Waals surface area contributed by atoms with Crippen molar-refractivity contribution in [1.82, 2.24) is 0 Å². The first-order valence-electron chi connectivity index (χ1n) is 8.86. The summed E-state index contributed by atoms with van der Waals surface area (Å²) < 4.78 is 0. The van der Waals surface area contributed by atoms with E-state index in [1.165, 1.54) is 0 Å². The molecule has 142 valence electrons. The molecule has 3 N–H and O–H groups in total. The maximum Gasteiger partial charge on any atom is 0.347 e. The molecule has 0 aromatic carbocycles. The van der Waals surface area contributed by atoms with Gasteiger partial charge in [0.05, 0.1) is 11.8 Å². The topological polar surface area (TPSA) is 116 Å². The number of oxime groups is 1. The first-order chi connectivity index (χ1) is 11.8. The monoisotopic (exact) mass is 355 g/mol. The minimum Gasteiger partial charge on any atom is -0.481 e. The molecule has 0 aromatic rings. The molecular weight excluding hydrogens is 326 g/mol. The molecule has 1 unspecified atom stereocenters. The Morgan fingerprint density at radius 1 is 1.24 bits per heavy atom. The fraction of sp³-hybridized carbons (Fsp3) is 0.722. The number of aliphatic carboxylic acids is 2. The van der Waals surface area contributed by atoms with Crippen LogP contribution in [-0.2, 0) is 14.4 Å². The molecule has 0 amide bonds. The van der Waals surface area contributed by atoms with E-state index in [2.05, 4.69) is 5.16 Å². The number of carbonyl (C=O) groups is 2. The second kappa shape index (κ2) is 10.9. The lowest BCUT2D eigenvalue weighted by Gasteiger charge is -2.13. The summed E-state index contributed by atoms with van der Waals surface area (Å²) in [5, 5.41) is 31.6. The summed E-state index contributed by atoms with van der Waals surface area (Å²) >= 11 is 0. The average molecular weight is 355 g/mol. The Balaban J connectivity index is 2.48. The summed E-state index contributed by atoms with van der Waals surface area (Å²) in [6.45, 7) is 3.84. The van der Waals surface area contributed by atoms with Gasteiger partial charge in [0.1, 0.15) is 0 Å². The average Bonchev–Trinajstić information content (AvgIpc) is 2.86. The van der Waals surface area contributed by atoms with Gasteiger partial charge >= 0.3 is 11.9 Å². The van der Waals surface area contributed by atoms with Crippen LogP contribution >= 0.6 is 0 Å². The third-order valence-electron chi connectivity index (χ3n) is 4.00. The van der Waals surface area contributed by atoms with Crippen LogP contribution in [0.15, 0.2) is 16.8 Å². The largest absolute Gasteiger partial charge is 0.481 e. The molecule has 1 aliphatic rings. The van der Waals surface area contributed by atoms with Gasteiger partial charge in [-0.25, -0.2) is 4.79 Å². The SMILES string of the molecule is CC(C)CC(ON=C1C[C@H](O)C=C1CCCCCCC(=O)O)C(=O)O. The molecule has 2 atom stereocenters. The maximum absolute atomic E-state index is 11.2. The van der Waals surface area contributed by atoms with E-state index in [1.807, 2.05) is 13.8 Å². The number of carboxylic acids is 2. The number of allylic oxidation sites excluding steroid dienone is 1. The number of aliphatic hydroxyl groups excluding tert-OH is 1. The van der Waals surface area contributed by atoms with Crippen molar-refractivity contribution in [3.05, 3.63) is 11.6 Å². The zero-order valence-electron chi connectivity index (χ0n) is 15.0. The minimum atomic E-state index is -1.04. The highest BCUT2D eigenvalue weighted by Gasteiger charge is 2.24. The van der Waals surface area contributed by atoms with Gasteiger partial charge in [-0.15, -0.1) is 0 Å². The first kappa shape index (κ1) is 21.2. The maximum atomic E-state index is 11.2. The van der Waals surface area contributed by atoms with Gasteiger partial charge < -0.3 is 20.2 Å². The van der Waals surface area contributed by atoms with E-state index in [9.17, 15) is 19.8 Å². The molecule has 0 aromatic heterocycles. The summed E-state index contributed by atoms with van der Waals surface area (Å²) in [4.78, 5) is 26.9. The molecule has 0 spiro atoms. The van der Waals surface area contributed by atoms with Crippen molar-refractivity contribution < 1.29 is 29.7 Å². The van der Waals surface area contributed by atoms with Gasteiger partial charge in [-0.1, -0.05) is 37.9 Å². The smallest absolute Gasteiger partial charge is 0.347 e. The van der Waals surface area contributed by atoms with Crippen LogP contribution in [0.5, 0.6) is 0 Å². The Hall–Kier alpha value is -1.89. The number of rotatable bonds is 12. The molecule has 0 fully saturated rings. The van der Waals surface area contributed by atoms with E-state index in [0.717, 1.165) is 24.8 Å². The Labute approximate surface area is 148 Å². The number of hydrogen-bond acceptors (Lipinski definition) is 5. The van der Waals surface area contributed by atoms with E-state index >= 15 is 0 Å². The van der Waals surface area contributed by atoms with Crippen molar-refractivity contribution in [3.8, 4) is 0 Å². The molecule has 0 radical (unpaired) electrons. The molecule has 1 rings (SSSR count). The van der Waals surface area contributed by atoms with E-state index in [-0.39, 0.29) is 12.3 Å². The fourth-order valence-corrected chi connectivity index (χ4v) is 2.73. The Morgan fingerprint density at radius 3 is 2.52 bits per heavy atom. The molecule has 7 heteroatoms. The van der Waals surface area contributed by atoms with Crippen LogP contribution in [0.25, 0.3) is 0 Å². The second-order valence-electron chi connectivity index (χ2n) is 6.87. The third kappa shape index (κ3) is 8.67. The van der Waals surface area contributed by atoms with Gasteiger partial charge in [0.15, 0.2) is 0 Å². The lowest BCUT2D eigenvalue weighted by molar-refractivity contribution is -0.151. The van der Waals surface area contributed by atoms with E-state index < -0.39 is 24.1 Å². The molecular formula is C18H29NO6. The van der Waals surface area contributed by atoms with E-state index in [0.29, 0.717) is 31.4 Å². The lowest BCUT2D eigenvalue weighted by Crippen LogP contribution is -2.24. The number of carboxylic acid groups (broad SMARTS) is 2. The van der Waals surface area contributed by atoms with Crippen molar-refractivity contribution in [3.63, 3.8) is 0 Å². The van der Waals surface area contributed by atoms with Crippen LogP contribution in [0.2, 0.25) is 0 Å². The summed E-state index contributed by atoms with van der Waals surface area (Å²) in [5.41, 5.74) is 1.49. The number of aliphatic hydroxyl groups is 1. The standard InChI is InChI=1S/C18H29NO6/c1-12(2)9-16(18(23)24)25-19-15-11-14(20)10-13(15)7-5-3-4-6-8-17(21)22/h10,12,14,16,20H,3-9,11H2,1-2H3,(H,21,22)(H,23,24)/t14-,16?/m1/s1. The third-order valence-corrected chi connectivity index (χ3v) is 4.00. The molecule has 25 heavy (non-hydrogen) atoms. The second-order valence-corrected chi connectivity index (χ2v) is 6.87. The van der Waals surface area contributed by atoms with Crippen LogP contribution in [0.3, 0.4) is 0 Å². The van der Waals surface area contributed by atoms with Gasteiger partial charge in [-0.2, -0.15) is 0 Å². The highest BCUT2D eigenvalue weighted by atomic mass is 16.6. The van der Waals surface area contributed by atoms with Crippen LogP contribution in [-0.4, -0.2) is 45.2 Å². The van der Waals surface area contributed by atoms with Crippen molar-refractivity contribution in [1.29, 1.82) is 0 Å². The number of unbranched alkanes of at least 4 members (excludes halogenated alkanes) is 3. The molecule has 0 heterocycles. The van der Waals surface area contributed by atoms with Gasteiger partial charge in [0.2, 0.25) is 6.10 Å². The lowest BCUT2D eigenvalue weighted by atomic mass is 10.0. The molecule has 0 aliphatic heterocycles.